The average molecular weight is 183 g/mol. The number of imide groups is 1. The number of primary amides is 1. The Morgan fingerprint density at radius 3 is 2.54 bits per heavy atom. The van der Waals surface area contributed by atoms with Gasteiger partial charge in [0.2, 0.25) is 5.91 Å². The maximum absolute atomic E-state index is 11.5. The highest BCUT2D eigenvalue weighted by Gasteiger charge is 2.59. The molecule has 2 rings (SSSR count). The molecule has 70 valence electrons. The predicted octanol–water partition coefficient (Wildman–Crippen LogP) is -1.44. The van der Waals surface area contributed by atoms with Crippen molar-refractivity contribution in [2.45, 2.75) is 18.4 Å². The van der Waals surface area contributed by atoms with E-state index in [0.29, 0.717) is 12.8 Å². The summed E-state index contributed by atoms with van der Waals surface area (Å²) < 4.78 is 0. The lowest BCUT2D eigenvalue weighted by molar-refractivity contribution is -0.131. The van der Waals surface area contributed by atoms with Crippen molar-refractivity contribution in [2.75, 3.05) is 6.54 Å². The first-order valence-corrected chi connectivity index (χ1v) is 3.98. The fraction of sp³-hybridized carbons (Fsp3) is 0.571. The molecule has 1 spiro atoms. The normalized spacial score (nSPS) is 23.5. The molecule has 3 N–H and O–H groups in total. The number of hydrogen-bond donors (Lipinski definition) is 2. The van der Waals surface area contributed by atoms with E-state index in [1.807, 2.05) is 0 Å². The highest BCUT2D eigenvalue weighted by Crippen LogP contribution is 2.40. The number of carbonyl (C=O) groups excluding carboxylic acids is 3. The molecule has 2 fully saturated rings. The minimum atomic E-state index is -0.688. The SMILES string of the molecule is NC(=O)CN1C(=O)NC2(CC2)C1=O. The van der Waals surface area contributed by atoms with Crippen molar-refractivity contribution in [3.8, 4) is 0 Å². The summed E-state index contributed by atoms with van der Waals surface area (Å²) in [5.41, 5.74) is 4.20. The van der Waals surface area contributed by atoms with E-state index in [2.05, 4.69) is 5.32 Å². The molecule has 13 heavy (non-hydrogen) atoms. The van der Waals surface area contributed by atoms with Crippen molar-refractivity contribution < 1.29 is 14.4 Å². The minimum absolute atomic E-state index is 0.323. The van der Waals surface area contributed by atoms with Crippen molar-refractivity contribution in [1.29, 1.82) is 0 Å². The van der Waals surface area contributed by atoms with Gasteiger partial charge in [-0.1, -0.05) is 0 Å². The smallest absolute Gasteiger partial charge is 0.325 e. The molecule has 0 atom stereocenters. The van der Waals surface area contributed by atoms with Crippen molar-refractivity contribution >= 4 is 17.8 Å². The second kappa shape index (κ2) is 2.21. The van der Waals surface area contributed by atoms with Gasteiger partial charge in [0.05, 0.1) is 0 Å². The summed E-state index contributed by atoms with van der Waals surface area (Å²) in [6.45, 7) is -0.327. The monoisotopic (exact) mass is 183 g/mol. The van der Waals surface area contributed by atoms with Gasteiger partial charge < -0.3 is 11.1 Å². The molecule has 6 nitrogen and oxygen atoms in total. The van der Waals surface area contributed by atoms with Crippen LogP contribution < -0.4 is 11.1 Å². The molecule has 1 heterocycles. The summed E-state index contributed by atoms with van der Waals surface area (Å²) in [5, 5.41) is 2.54. The Morgan fingerprint density at radius 1 is 1.54 bits per heavy atom. The van der Waals surface area contributed by atoms with Gasteiger partial charge in [0, 0.05) is 0 Å². The number of urea groups is 1. The lowest BCUT2D eigenvalue weighted by atomic mass is 10.3. The zero-order valence-electron chi connectivity index (χ0n) is 6.87. The molecule has 0 aromatic heterocycles. The summed E-state index contributed by atoms with van der Waals surface area (Å²) in [5.74, 6) is -1.00. The first-order chi connectivity index (χ1) is 6.05. The Morgan fingerprint density at radius 2 is 2.15 bits per heavy atom. The number of nitrogens with one attached hydrogen (secondary N) is 1. The van der Waals surface area contributed by atoms with Crippen molar-refractivity contribution in [1.82, 2.24) is 10.2 Å². The number of hydrogen-bond acceptors (Lipinski definition) is 3. The predicted molar refractivity (Wildman–Crippen MR) is 41.4 cm³/mol. The lowest BCUT2D eigenvalue weighted by Crippen LogP contribution is -2.39. The van der Waals surface area contributed by atoms with E-state index in [1.54, 1.807) is 0 Å². The van der Waals surface area contributed by atoms with E-state index in [9.17, 15) is 14.4 Å². The molecule has 0 aromatic rings. The second-order valence-corrected chi connectivity index (χ2v) is 3.37. The molecule has 2 aliphatic rings. The van der Waals surface area contributed by atoms with Gasteiger partial charge in [-0.05, 0) is 12.8 Å². The Labute approximate surface area is 74.1 Å². The fourth-order valence-electron chi connectivity index (χ4n) is 1.44. The second-order valence-electron chi connectivity index (χ2n) is 3.37. The van der Waals surface area contributed by atoms with Gasteiger partial charge in [0.1, 0.15) is 12.1 Å². The third-order valence-electron chi connectivity index (χ3n) is 2.31. The Hall–Kier alpha value is -1.59. The average Bonchev–Trinajstić information content (AvgIpc) is 2.75. The number of amides is 4. The van der Waals surface area contributed by atoms with Crippen LogP contribution in [0.3, 0.4) is 0 Å². The summed E-state index contributed by atoms with van der Waals surface area (Å²) in [7, 11) is 0. The van der Waals surface area contributed by atoms with Crippen LogP contribution in [0.5, 0.6) is 0 Å². The van der Waals surface area contributed by atoms with Crippen LogP contribution in [0.2, 0.25) is 0 Å². The van der Waals surface area contributed by atoms with Gasteiger partial charge in [-0.15, -0.1) is 0 Å². The number of rotatable bonds is 2. The van der Waals surface area contributed by atoms with Crippen LogP contribution in [-0.2, 0) is 9.59 Å². The van der Waals surface area contributed by atoms with Crippen LogP contribution >= 0.6 is 0 Å². The van der Waals surface area contributed by atoms with Crippen LogP contribution in [-0.4, -0.2) is 34.8 Å². The maximum atomic E-state index is 11.5. The van der Waals surface area contributed by atoms with Gasteiger partial charge in [0.15, 0.2) is 0 Å². The van der Waals surface area contributed by atoms with E-state index in [0.717, 1.165) is 4.90 Å². The van der Waals surface area contributed by atoms with Crippen molar-refractivity contribution in [3.05, 3.63) is 0 Å². The van der Waals surface area contributed by atoms with Crippen molar-refractivity contribution in [3.63, 3.8) is 0 Å². The zero-order valence-corrected chi connectivity index (χ0v) is 6.87. The Kier molecular flexibility index (Phi) is 1.37. The molecular weight excluding hydrogens is 174 g/mol. The van der Waals surface area contributed by atoms with E-state index in [1.165, 1.54) is 0 Å². The number of nitrogens with zero attached hydrogens (tertiary/aromatic N) is 1. The summed E-state index contributed by atoms with van der Waals surface area (Å²) in [6.07, 6.45) is 1.32. The maximum Gasteiger partial charge on any atom is 0.325 e. The standard InChI is InChI=1S/C7H9N3O3/c8-4(11)3-10-5(12)7(1-2-7)9-6(10)13/h1-3H2,(H2,8,11)(H,9,13). The molecule has 0 aromatic carbocycles. The van der Waals surface area contributed by atoms with Gasteiger partial charge in [0.25, 0.3) is 5.91 Å². The first kappa shape index (κ1) is 8.03. The van der Waals surface area contributed by atoms with Gasteiger partial charge in [-0.25, -0.2) is 4.79 Å². The molecule has 0 radical (unpaired) electrons. The molecule has 4 amide bonds. The molecule has 1 aliphatic carbocycles. The third kappa shape index (κ3) is 1.06. The Bertz CT molecular complexity index is 308. The highest BCUT2D eigenvalue weighted by atomic mass is 16.2. The molecule has 1 aliphatic heterocycles. The molecule has 0 unspecified atom stereocenters. The summed E-state index contributed by atoms with van der Waals surface area (Å²) in [4.78, 5) is 34.0. The van der Waals surface area contributed by atoms with Crippen LogP contribution in [0.25, 0.3) is 0 Å². The summed E-state index contributed by atoms with van der Waals surface area (Å²) in [6, 6.07) is -0.513. The van der Waals surface area contributed by atoms with Crippen LogP contribution in [0.1, 0.15) is 12.8 Å². The van der Waals surface area contributed by atoms with Gasteiger partial charge >= 0.3 is 6.03 Å². The molecule has 1 saturated heterocycles. The van der Waals surface area contributed by atoms with Crippen LogP contribution in [0, 0.1) is 0 Å². The molecular formula is C7H9N3O3. The zero-order chi connectivity index (χ0) is 9.64. The Balaban J connectivity index is 2.15. The lowest BCUT2D eigenvalue weighted by Gasteiger charge is -2.08. The van der Waals surface area contributed by atoms with E-state index >= 15 is 0 Å². The first-order valence-electron chi connectivity index (χ1n) is 3.98. The third-order valence-corrected chi connectivity index (χ3v) is 2.31. The quantitative estimate of drug-likeness (QED) is 0.513. The number of carbonyl (C=O) groups is 3. The van der Waals surface area contributed by atoms with E-state index < -0.39 is 17.5 Å². The molecule has 6 heteroatoms. The van der Waals surface area contributed by atoms with E-state index in [-0.39, 0.29) is 12.5 Å². The van der Waals surface area contributed by atoms with E-state index in [4.69, 9.17) is 5.73 Å². The van der Waals surface area contributed by atoms with Crippen LogP contribution in [0.15, 0.2) is 0 Å². The number of nitrogens with two attached hydrogens (primary N) is 1. The topological polar surface area (TPSA) is 92.5 Å². The van der Waals surface area contributed by atoms with Gasteiger partial charge in [-0.3, -0.25) is 14.5 Å². The summed E-state index contributed by atoms with van der Waals surface area (Å²) >= 11 is 0. The fourth-order valence-corrected chi connectivity index (χ4v) is 1.44. The largest absolute Gasteiger partial charge is 0.368 e. The molecule has 1 saturated carbocycles. The minimum Gasteiger partial charge on any atom is -0.368 e. The highest BCUT2D eigenvalue weighted by molar-refractivity contribution is 6.10. The van der Waals surface area contributed by atoms with Gasteiger partial charge in [-0.2, -0.15) is 0 Å². The van der Waals surface area contributed by atoms with Crippen LogP contribution in [0.4, 0.5) is 4.79 Å². The van der Waals surface area contributed by atoms with Crippen molar-refractivity contribution in [2.24, 2.45) is 5.73 Å². The molecule has 0 bridgehead atoms.